The first-order valence-electron chi connectivity index (χ1n) is 9.27. The fourth-order valence-corrected chi connectivity index (χ4v) is 2.72. The average molecular weight is 374 g/mol. The molecule has 0 amide bonds. The van der Waals surface area contributed by atoms with Gasteiger partial charge in [0.25, 0.3) is 0 Å². The van der Waals surface area contributed by atoms with Crippen molar-refractivity contribution in [3.05, 3.63) is 36.4 Å². The molecular formula is C19H30N6O2. The standard InChI is InChI=1S/C19H30N6O2/c1-5-20-19(21-10-6-7-11-25-13-22-23-14-25)24-15(2)17-12-16(26-3)8-9-18(17)27-4/h8-9,12-15H,5-7,10-11H2,1-4H3,(H2,20,21,24). The Hall–Kier alpha value is -2.77. The normalized spacial score (nSPS) is 12.5. The van der Waals surface area contributed by atoms with Gasteiger partial charge in [-0.2, -0.15) is 0 Å². The number of aryl methyl sites for hydroxylation is 1. The largest absolute Gasteiger partial charge is 0.497 e. The Balaban J connectivity index is 1.93. The summed E-state index contributed by atoms with van der Waals surface area (Å²) in [4.78, 5) is 4.68. The van der Waals surface area contributed by atoms with Crippen molar-refractivity contribution in [2.75, 3.05) is 27.3 Å². The smallest absolute Gasteiger partial charge is 0.191 e. The van der Waals surface area contributed by atoms with Gasteiger partial charge in [-0.1, -0.05) is 0 Å². The molecule has 2 N–H and O–H groups in total. The van der Waals surface area contributed by atoms with Crippen molar-refractivity contribution in [2.24, 2.45) is 4.99 Å². The summed E-state index contributed by atoms with van der Waals surface area (Å²) < 4.78 is 12.8. The highest BCUT2D eigenvalue weighted by Crippen LogP contribution is 2.29. The second-order valence-corrected chi connectivity index (χ2v) is 6.14. The number of ether oxygens (including phenoxy) is 2. The van der Waals surface area contributed by atoms with Gasteiger partial charge in [-0.05, 0) is 44.9 Å². The number of hydrogen-bond acceptors (Lipinski definition) is 5. The minimum absolute atomic E-state index is 0.0184. The summed E-state index contributed by atoms with van der Waals surface area (Å²) in [5, 5.41) is 14.4. The third kappa shape index (κ3) is 6.47. The fourth-order valence-electron chi connectivity index (χ4n) is 2.72. The molecule has 1 atom stereocenters. The van der Waals surface area contributed by atoms with Crippen LogP contribution in [0.2, 0.25) is 0 Å². The van der Waals surface area contributed by atoms with Gasteiger partial charge in [0.2, 0.25) is 0 Å². The van der Waals surface area contributed by atoms with E-state index in [0.29, 0.717) is 0 Å². The van der Waals surface area contributed by atoms with Gasteiger partial charge in [0, 0.05) is 25.2 Å². The summed E-state index contributed by atoms with van der Waals surface area (Å²) in [7, 11) is 3.34. The van der Waals surface area contributed by atoms with Crippen LogP contribution in [0.4, 0.5) is 0 Å². The summed E-state index contributed by atoms with van der Waals surface area (Å²) >= 11 is 0. The van der Waals surface area contributed by atoms with Crippen molar-refractivity contribution in [1.82, 2.24) is 25.4 Å². The lowest BCUT2D eigenvalue weighted by molar-refractivity contribution is 0.394. The number of rotatable bonds is 10. The lowest BCUT2D eigenvalue weighted by atomic mass is 10.1. The molecule has 0 aliphatic heterocycles. The van der Waals surface area contributed by atoms with Gasteiger partial charge in [-0.3, -0.25) is 4.99 Å². The van der Waals surface area contributed by atoms with Crippen molar-refractivity contribution in [2.45, 2.75) is 39.3 Å². The molecule has 1 heterocycles. The SMILES string of the molecule is CCNC(=NCCCCn1cnnc1)NC(C)c1cc(OC)ccc1OC. The molecule has 1 unspecified atom stereocenters. The third-order valence-corrected chi connectivity index (χ3v) is 4.16. The molecule has 8 heteroatoms. The molecule has 0 fully saturated rings. The maximum atomic E-state index is 5.49. The Kier molecular flexibility index (Phi) is 8.41. The molecule has 1 aromatic heterocycles. The monoisotopic (exact) mass is 374 g/mol. The summed E-state index contributed by atoms with van der Waals surface area (Å²) in [5.74, 6) is 2.41. The molecule has 8 nitrogen and oxygen atoms in total. The second-order valence-electron chi connectivity index (χ2n) is 6.14. The molecule has 0 radical (unpaired) electrons. The summed E-state index contributed by atoms with van der Waals surface area (Å²) in [6.07, 6.45) is 5.49. The molecule has 27 heavy (non-hydrogen) atoms. The Labute approximate surface area is 161 Å². The van der Waals surface area contributed by atoms with E-state index in [9.17, 15) is 0 Å². The lowest BCUT2D eigenvalue weighted by Crippen LogP contribution is -2.39. The summed E-state index contributed by atoms with van der Waals surface area (Å²) in [6, 6.07) is 5.81. The number of guanidine groups is 1. The Morgan fingerprint density at radius 2 is 1.96 bits per heavy atom. The Morgan fingerprint density at radius 3 is 2.63 bits per heavy atom. The molecule has 1 aromatic carbocycles. The van der Waals surface area contributed by atoms with Crippen LogP contribution in [0.1, 0.15) is 38.3 Å². The highest BCUT2D eigenvalue weighted by atomic mass is 16.5. The molecule has 0 saturated carbocycles. The van der Waals surface area contributed by atoms with Gasteiger partial charge >= 0.3 is 0 Å². The molecule has 0 aliphatic carbocycles. The van der Waals surface area contributed by atoms with E-state index in [-0.39, 0.29) is 6.04 Å². The summed E-state index contributed by atoms with van der Waals surface area (Å²) in [5.41, 5.74) is 1.02. The summed E-state index contributed by atoms with van der Waals surface area (Å²) in [6.45, 7) is 6.59. The molecular weight excluding hydrogens is 344 g/mol. The van der Waals surface area contributed by atoms with E-state index in [1.54, 1.807) is 26.9 Å². The highest BCUT2D eigenvalue weighted by Gasteiger charge is 2.14. The first-order valence-corrected chi connectivity index (χ1v) is 9.27. The van der Waals surface area contributed by atoms with Crippen molar-refractivity contribution in [1.29, 1.82) is 0 Å². The van der Waals surface area contributed by atoms with Crippen molar-refractivity contribution < 1.29 is 9.47 Å². The lowest BCUT2D eigenvalue weighted by Gasteiger charge is -2.20. The number of nitrogens with one attached hydrogen (secondary N) is 2. The molecule has 2 rings (SSSR count). The zero-order valence-electron chi connectivity index (χ0n) is 16.6. The predicted octanol–water partition coefficient (Wildman–Crippen LogP) is 2.39. The minimum Gasteiger partial charge on any atom is -0.497 e. The van der Waals surface area contributed by atoms with Crippen molar-refractivity contribution in [3.8, 4) is 11.5 Å². The van der Waals surface area contributed by atoms with Crippen LogP contribution in [0.15, 0.2) is 35.8 Å². The van der Waals surface area contributed by atoms with E-state index >= 15 is 0 Å². The number of unbranched alkanes of at least 4 members (excludes halogenated alkanes) is 1. The van der Waals surface area contributed by atoms with Crippen molar-refractivity contribution in [3.63, 3.8) is 0 Å². The Bertz CT molecular complexity index is 702. The molecule has 2 aromatic rings. The molecule has 0 aliphatic rings. The van der Waals surface area contributed by atoms with Gasteiger partial charge in [-0.15, -0.1) is 10.2 Å². The van der Waals surface area contributed by atoms with Crippen LogP contribution in [-0.4, -0.2) is 48.0 Å². The number of aromatic nitrogens is 3. The van der Waals surface area contributed by atoms with Crippen molar-refractivity contribution >= 4 is 5.96 Å². The number of methoxy groups -OCH3 is 2. The maximum absolute atomic E-state index is 5.49. The van der Waals surface area contributed by atoms with Gasteiger partial charge in [0.05, 0.1) is 20.3 Å². The molecule has 148 valence electrons. The van der Waals surface area contributed by atoms with Crippen LogP contribution < -0.4 is 20.1 Å². The van der Waals surface area contributed by atoms with E-state index in [1.165, 1.54) is 0 Å². The number of aliphatic imine (C=N–C) groups is 1. The topological polar surface area (TPSA) is 85.6 Å². The second kappa shape index (κ2) is 11.1. The van der Waals surface area contributed by atoms with Crippen LogP contribution in [-0.2, 0) is 6.54 Å². The van der Waals surface area contributed by atoms with E-state index < -0.39 is 0 Å². The quantitative estimate of drug-likeness (QED) is 0.377. The van der Waals surface area contributed by atoms with E-state index in [2.05, 4.69) is 39.7 Å². The fraction of sp³-hybridized carbons (Fsp3) is 0.526. The zero-order chi connectivity index (χ0) is 19.5. The Morgan fingerprint density at radius 1 is 1.19 bits per heavy atom. The number of hydrogen-bond donors (Lipinski definition) is 2. The van der Waals surface area contributed by atoms with E-state index in [1.807, 2.05) is 22.8 Å². The highest BCUT2D eigenvalue weighted by molar-refractivity contribution is 5.80. The third-order valence-electron chi connectivity index (χ3n) is 4.16. The van der Waals surface area contributed by atoms with Crippen LogP contribution in [0.3, 0.4) is 0 Å². The average Bonchev–Trinajstić information content (AvgIpc) is 3.20. The molecule has 0 bridgehead atoms. The minimum atomic E-state index is 0.0184. The predicted molar refractivity (Wildman–Crippen MR) is 106 cm³/mol. The first kappa shape index (κ1) is 20.5. The maximum Gasteiger partial charge on any atom is 0.191 e. The van der Waals surface area contributed by atoms with Gasteiger partial charge in [0.15, 0.2) is 5.96 Å². The van der Waals surface area contributed by atoms with Gasteiger partial charge in [0.1, 0.15) is 24.2 Å². The zero-order valence-corrected chi connectivity index (χ0v) is 16.6. The van der Waals surface area contributed by atoms with E-state index in [0.717, 1.165) is 55.5 Å². The van der Waals surface area contributed by atoms with Crippen LogP contribution >= 0.6 is 0 Å². The van der Waals surface area contributed by atoms with Crippen LogP contribution in [0, 0.1) is 0 Å². The number of nitrogens with zero attached hydrogens (tertiary/aromatic N) is 4. The van der Waals surface area contributed by atoms with E-state index in [4.69, 9.17) is 9.47 Å². The molecule has 0 spiro atoms. The molecule has 0 saturated heterocycles. The number of benzene rings is 1. The van der Waals surface area contributed by atoms with Crippen LogP contribution in [0.5, 0.6) is 11.5 Å². The first-order chi connectivity index (χ1) is 13.2. The van der Waals surface area contributed by atoms with Gasteiger partial charge < -0.3 is 24.7 Å². The van der Waals surface area contributed by atoms with Crippen LogP contribution in [0.25, 0.3) is 0 Å². The van der Waals surface area contributed by atoms with Gasteiger partial charge in [-0.25, -0.2) is 0 Å².